The van der Waals surface area contributed by atoms with E-state index in [1.54, 1.807) is 0 Å². The Balaban J connectivity index is 2.06. The fraction of sp³-hybridized carbons (Fsp3) is 0.375. The third-order valence-corrected chi connectivity index (χ3v) is 4.30. The molecule has 0 saturated heterocycles. The largest absolute Gasteiger partial charge is 0.374 e. The van der Waals surface area contributed by atoms with Gasteiger partial charge in [0.25, 0.3) is 0 Å². The number of hydrogen-bond donors (Lipinski definition) is 0. The summed E-state index contributed by atoms with van der Waals surface area (Å²) in [7, 11) is 2.12. The Labute approximate surface area is 124 Å². The summed E-state index contributed by atoms with van der Waals surface area (Å²) in [5, 5.41) is 0.576. The van der Waals surface area contributed by atoms with Crippen LogP contribution in [0.5, 0.6) is 0 Å². The normalized spacial score (nSPS) is 13.7. The molecule has 1 aliphatic heterocycles. The maximum absolute atomic E-state index is 6.27. The lowest BCUT2D eigenvalue weighted by atomic mass is 10.1. The van der Waals surface area contributed by atoms with Gasteiger partial charge in [-0.05, 0) is 43.5 Å². The number of likely N-dealkylation sites (N-methyl/N-ethyl adjacent to an activating group) is 1. The lowest BCUT2D eigenvalue weighted by molar-refractivity contribution is 0.956. The van der Waals surface area contributed by atoms with E-state index in [4.69, 9.17) is 11.6 Å². The average molecular weight is 288 g/mol. The minimum atomic E-state index is 0.576. The molecule has 0 radical (unpaired) electrons. The van der Waals surface area contributed by atoms with E-state index in [0.717, 1.165) is 42.0 Å². The van der Waals surface area contributed by atoms with Gasteiger partial charge in [0.2, 0.25) is 0 Å². The summed E-state index contributed by atoms with van der Waals surface area (Å²) >= 11 is 6.27. The Morgan fingerprint density at radius 3 is 2.80 bits per heavy atom. The van der Waals surface area contributed by atoms with E-state index in [-0.39, 0.29) is 0 Å². The second-order valence-corrected chi connectivity index (χ2v) is 5.63. The zero-order valence-corrected chi connectivity index (χ0v) is 12.8. The summed E-state index contributed by atoms with van der Waals surface area (Å²) in [4.78, 5) is 11.3. The molecule has 0 aliphatic carbocycles. The number of benzene rings is 1. The molecule has 0 spiro atoms. The van der Waals surface area contributed by atoms with Crippen molar-refractivity contribution in [2.45, 2.75) is 26.7 Å². The molecule has 2 heterocycles. The van der Waals surface area contributed by atoms with Crippen LogP contribution in [-0.4, -0.2) is 23.6 Å². The van der Waals surface area contributed by atoms with Crippen molar-refractivity contribution in [3.05, 3.63) is 40.2 Å². The van der Waals surface area contributed by atoms with Gasteiger partial charge in [-0.25, -0.2) is 9.97 Å². The van der Waals surface area contributed by atoms with Crippen LogP contribution < -0.4 is 4.90 Å². The molecule has 0 bridgehead atoms. The number of halogens is 1. The van der Waals surface area contributed by atoms with Crippen molar-refractivity contribution in [1.29, 1.82) is 0 Å². The zero-order chi connectivity index (χ0) is 14.3. The number of aryl methyl sites for hydroxylation is 1. The number of hydrogen-bond acceptors (Lipinski definition) is 3. The molecule has 3 rings (SSSR count). The third-order valence-electron chi connectivity index (χ3n) is 3.98. The minimum absolute atomic E-state index is 0.576. The molecule has 1 aliphatic rings. The van der Waals surface area contributed by atoms with E-state index >= 15 is 0 Å². The highest BCUT2D eigenvalue weighted by molar-refractivity contribution is 6.30. The first-order valence-corrected chi connectivity index (χ1v) is 7.35. The summed E-state index contributed by atoms with van der Waals surface area (Å²) in [5.41, 5.74) is 5.73. The molecule has 0 N–H and O–H groups in total. The van der Waals surface area contributed by atoms with Gasteiger partial charge in [0.1, 0.15) is 5.15 Å². The summed E-state index contributed by atoms with van der Waals surface area (Å²) in [6.07, 6.45) is 1.94. The van der Waals surface area contributed by atoms with E-state index < -0.39 is 0 Å². The zero-order valence-electron chi connectivity index (χ0n) is 12.1. The van der Waals surface area contributed by atoms with Crippen molar-refractivity contribution in [1.82, 2.24) is 9.97 Å². The van der Waals surface area contributed by atoms with E-state index in [9.17, 15) is 0 Å². The van der Waals surface area contributed by atoms with Gasteiger partial charge in [0.15, 0.2) is 5.82 Å². The lowest BCUT2D eigenvalue weighted by Gasteiger charge is -2.12. The molecule has 0 fully saturated rings. The van der Waals surface area contributed by atoms with Crippen LogP contribution in [0.4, 0.5) is 5.69 Å². The SMILES string of the molecule is CCc1c(C)nc(-c2ccc3c(c2)CCN3C)nc1Cl. The van der Waals surface area contributed by atoms with Crippen LogP contribution in [0.15, 0.2) is 18.2 Å². The molecular weight excluding hydrogens is 270 g/mol. The Morgan fingerprint density at radius 2 is 2.10 bits per heavy atom. The highest BCUT2D eigenvalue weighted by Gasteiger charge is 2.17. The highest BCUT2D eigenvalue weighted by atomic mass is 35.5. The van der Waals surface area contributed by atoms with E-state index in [1.165, 1.54) is 11.3 Å². The Morgan fingerprint density at radius 1 is 1.30 bits per heavy atom. The molecule has 1 aromatic carbocycles. The molecule has 0 saturated carbocycles. The predicted octanol–water partition coefficient (Wildman–Crippen LogP) is 3.66. The third kappa shape index (κ3) is 2.16. The summed E-state index contributed by atoms with van der Waals surface area (Å²) in [6, 6.07) is 6.42. The van der Waals surface area contributed by atoms with Crippen LogP contribution in [0, 0.1) is 6.92 Å². The van der Waals surface area contributed by atoms with Gasteiger partial charge in [-0.3, -0.25) is 0 Å². The van der Waals surface area contributed by atoms with Gasteiger partial charge in [-0.15, -0.1) is 0 Å². The van der Waals surface area contributed by atoms with Crippen molar-refractivity contribution in [2.24, 2.45) is 0 Å². The van der Waals surface area contributed by atoms with E-state index in [1.807, 2.05) is 6.92 Å². The quantitative estimate of drug-likeness (QED) is 0.789. The molecule has 2 aromatic rings. The van der Waals surface area contributed by atoms with Crippen molar-refractivity contribution in [3.8, 4) is 11.4 Å². The van der Waals surface area contributed by atoms with Crippen LogP contribution >= 0.6 is 11.6 Å². The molecule has 1 aromatic heterocycles. The number of fused-ring (bicyclic) bond motifs is 1. The summed E-state index contributed by atoms with van der Waals surface area (Å²) in [5.74, 6) is 0.724. The van der Waals surface area contributed by atoms with E-state index in [2.05, 4.69) is 47.0 Å². The molecule has 4 heteroatoms. The fourth-order valence-electron chi connectivity index (χ4n) is 2.80. The standard InChI is InChI=1S/C16H18ClN3/c1-4-13-10(2)18-16(19-15(13)17)12-5-6-14-11(9-12)7-8-20(14)3/h5-6,9H,4,7-8H2,1-3H3. The monoisotopic (exact) mass is 287 g/mol. The smallest absolute Gasteiger partial charge is 0.161 e. The van der Waals surface area contributed by atoms with Gasteiger partial charge >= 0.3 is 0 Å². The number of anilines is 1. The number of aromatic nitrogens is 2. The Kier molecular flexibility index (Phi) is 3.38. The van der Waals surface area contributed by atoms with Gasteiger partial charge < -0.3 is 4.90 Å². The van der Waals surface area contributed by atoms with Crippen LogP contribution in [0.1, 0.15) is 23.7 Å². The average Bonchev–Trinajstić information content (AvgIpc) is 2.79. The van der Waals surface area contributed by atoms with Crippen molar-refractivity contribution >= 4 is 17.3 Å². The molecule has 3 nitrogen and oxygen atoms in total. The second kappa shape index (κ2) is 5.06. The molecule has 20 heavy (non-hydrogen) atoms. The van der Waals surface area contributed by atoms with E-state index in [0.29, 0.717) is 5.15 Å². The molecule has 0 atom stereocenters. The van der Waals surface area contributed by atoms with Crippen molar-refractivity contribution in [2.75, 3.05) is 18.5 Å². The van der Waals surface area contributed by atoms with Gasteiger partial charge in [0.05, 0.1) is 0 Å². The van der Waals surface area contributed by atoms with Crippen LogP contribution in [-0.2, 0) is 12.8 Å². The predicted molar refractivity (Wildman–Crippen MR) is 83.6 cm³/mol. The van der Waals surface area contributed by atoms with Crippen LogP contribution in [0.2, 0.25) is 5.15 Å². The maximum Gasteiger partial charge on any atom is 0.161 e. The molecule has 0 amide bonds. The molecule has 104 valence electrons. The molecule has 0 unspecified atom stereocenters. The molecular formula is C16H18ClN3. The maximum atomic E-state index is 6.27. The van der Waals surface area contributed by atoms with Gasteiger partial charge in [-0.2, -0.15) is 0 Å². The Hall–Kier alpha value is -1.61. The minimum Gasteiger partial charge on any atom is -0.374 e. The Bertz CT molecular complexity index is 644. The first kappa shape index (κ1) is 13.4. The van der Waals surface area contributed by atoms with Crippen LogP contribution in [0.3, 0.4) is 0 Å². The second-order valence-electron chi connectivity index (χ2n) is 5.27. The summed E-state index contributed by atoms with van der Waals surface area (Å²) in [6.45, 7) is 5.15. The highest BCUT2D eigenvalue weighted by Crippen LogP contribution is 2.31. The first-order chi connectivity index (χ1) is 9.60. The number of nitrogens with zero attached hydrogens (tertiary/aromatic N) is 3. The topological polar surface area (TPSA) is 29.0 Å². The van der Waals surface area contributed by atoms with Crippen molar-refractivity contribution < 1.29 is 0 Å². The lowest BCUT2D eigenvalue weighted by Crippen LogP contribution is -2.12. The van der Waals surface area contributed by atoms with Crippen LogP contribution in [0.25, 0.3) is 11.4 Å². The summed E-state index contributed by atoms with van der Waals surface area (Å²) < 4.78 is 0. The fourth-order valence-corrected chi connectivity index (χ4v) is 3.15. The van der Waals surface area contributed by atoms with Gasteiger partial charge in [0, 0.05) is 36.1 Å². The first-order valence-electron chi connectivity index (χ1n) is 6.97. The van der Waals surface area contributed by atoms with Gasteiger partial charge in [-0.1, -0.05) is 18.5 Å². The number of rotatable bonds is 2. The van der Waals surface area contributed by atoms with Crippen molar-refractivity contribution in [3.63, 3.8) is 0 Å².